The number of nitrogens with two attached hydrogens (primary N) is 1. The van der Waals surface area contributed by atoms with Crippen LogP contribution in [-0.4, -0.2) is 40.2 Å². The first-order chi connectivity index (χ1) is 11.7. The lowest BCUT2D eigenvalue weighted by molar-refractivity contribution is -0.118. The quantitative estimate of drug-likeness (QED) is 0.836. The number of rotatable bonds is 7. The van der Waals surface area contributed by atoms with Gasteiger partial charge >= 0.3 is 0 Å². The molecule has 1 aliphatic carbocycles. The van der Waals surface area contributed by atoms with Crippen LogP contribution in [0.2, 0.25) is 0 Å². The van der Waals surface area contributed by atoms with Crippen LogP contribution in [0, 0.1) is 5.92 Å². The van der Waals surface area contributed by atoms with Crippen molar-refractivity contribution >= 4 is 11.5 Å². The third-order valence-corrected chi connectivity index (χ3v) is 5.36. The molecule has 24 heavy (non-hydrogen) atoms. The van der Waals surface area contributed by atoms with E-state index in [0.29, 0.717) is 6.42 Å². The predicted molar refractivity (Wildman–Crippen MR) is 96.3 cm³/mol. The Balaban J connectivity index is 1.48. The Morgan fingerprint density at radius 3 is 2.83 bits per heavy atom. The van der Waals surface area contributed by atoms with Crippen molar-refractivity contribution in [3.63, 3.8) is 0 Å². The van der Waals surface area contributed by atoms with Gasteiger partial charge in [-0.05, 0) is 43.7 Å². The number of carbonyl (C=O) groups is 1. The molecule has 2 N–H and O–H groups in total. The second-order valence-corrected chi connectivity index (χ2v) is 7.30. The zero-order valence-electron chi connectivity index (χ0n) is 14.6. The summed E-state index contributed by atoms with van der Waals surface area (Å²) >= 11 is 0. The molecule has 1 fully saturated rings. The van der Waals surface area contributed by atoms with Gasteiger partial charge in [0.1, 0.15) is 0 Å². The largest absolute Gasteiger partial charge is 0.370 e. The Labute approximate surface area is 144 Å². The summed E-state index contributed by atoms with van der Waals surface area (Å²) in [5, 5.41) is 4.58. The Morgan fingerprint density at radius 2 is 2.12 bits per heavy atom. The topological polar surface area (TPSA) is 64.2 Å². The van der Waals surface area contributed by atoms with Crippen molar-refractivity contribution in [1.82, 2.24) is 14.7 Å². The molecule has 5 nitrogen and oxygen atoms in total. The minimum atomic E-state index is -0.200. The summed E-state index contributed by atoms with van der Waals surface area (Å²) in [6.45, 7) is 4.04. The molecule has 2 heterocycles. The van der Waals surface area contributed by atoms with Gasteiger partial charge in [0.05, 0.1) is 6.20 Å². The van der Waals surface area contributed by atoms with Crippen molar-refractivity contribution in [2.45, 2.75) is 57.9 Å². The van der Waals surface area contributed by atoms with Gasteiger partial charge in [0.2, 0.25) is 5.91 Å². The van der Waals surface area contributed by atoms with Gasteiger partial charge in [-0.1, -0.05) is 25.3 Å². The molecule has 0 radical (unpaired) electrons. The molecule has 0 saturated heterocycles. The van der Waals surface area contributed by atoms with E-state index in [0.717, 1.165) is 44.9 Å². The maximum atomic E-state index is 10.8. The molecule has 5 heteroatoms. The fourth-order valence-electron chi connectivity index (χ4n) is 3.92. The Hall–Kier alpha value is -1.62. The van der Waals surface area contributed by atoms with E-state index in [1.165, 1.54) is 43.2 Å². The Kier molecular flexibility index (Phi) is 6.07. The van der Waals surface area contributed by atoms with E-state index in [9.17, 15) is 4.79 Å². The van der Waals surface area contributed by atoms with Crippen LogP contribution in [-0.2, 0) is 11.3 Å². The summed E-state index contributed by atoms with van der Waals surface area (Å²) in [5.41, 5.74) is 7.89. The van der Waals surface area contributed by atoms with E-state index in [4.69, 9.17) is 5.73 Å². The van der Waals surface area contributed by atoms with Gasteiger partial charge in [0, 0.05) is 37.8 Å². The minimum Gasteiger partial charge on any atom is -0.370 e. The molecular weight excluding hydrogens is 300 g/mol. The normalized spacial score (nSPS) is 20.1. The van der Waals surface area contributed by atoms with Crippen LogP contribution >= 0.6 is 0 Å². The van der Waals surface area contributed by atoms with E-state index < -0.39 is 0 Å². The molecule has 2 aliphatic rings. The van der Waals surface area contributed by atoms with Gasteiger partial charge in [0.25, 0.3) is 0 Å². The van der Waals surface area contributed by atoms with E-state index >= 15 is 0 Å². The third kappa shape index (κ3) is 4.94. The smallest absolute Gasteiger partial charge is 0.217 e. The molecule has 1 saturated carbocycles. The van der Waals surface area contributed by atoms with Gasteiger partial charge in [-0.3, -0.25) is 14.4 Å². The summed E-state index contributed by atoms with van der Waals surface area (Å²) < 4.78 is 2.14. The molecule has 0 spiro atoms. The van der Waals surface area contributed by atoms with Crippen LogP contribution in [0.1, 0.15) is 56.9 Å². The molecular formula is C19H30N4O. The molecule has 0 unspecified atom stereocenters. The third-order valence-electron chi connectivity index (χ3n) is 5.36. The summed E-state index contributed by atoms with van der Waals surface area (Å²) in [6.07, 6.45) is 15.9. The van der Waals surface area contributed by atoms with Crippen LogP contribution in [0.4, 0.5) is 0 Å². The number of hydrogen-bond acceptors (Lipinski definition) is 3. The first-order valence-electron chi connectivity index (χ1n) is 9.43. The predicted octanol–water partition coefficient (Wildman–Crippen LogP) is 2.82. The number of aromatic nitrogens is 2. The zero-order valence-corrected chi connectivity index (χ0v) is 14.6. The highest BCUT2D eigenvalue weighted by Crippen LogP contribution is 2.26. The molecule has 1 aromatic rings. The maximum absolute atomic E-state index is 10.8. The monoisotopic (exact) mass is 330 g/mol. The fraction of sp³-hybridized carbons (Fsp3) is 0.684. The van der Waals surface area contributed by atoms with Gasteiger partial charge < -0.3 is 5.73 Å². The van der Waals surface area contributed by atoms with Gasteiger partial charge in [0.15, 0.2) is 0 Å². The lowest BCUT2D eigenvalue weighted by atomic mass is 9.89. The number of nitrogens with zero attached hydrogens (tertiary/aromatic N) is 3. The lowest BCUT2D eigenvalue weighted by Crippen LogP contribution is -2.30. The van der Waals surface area contributed by atoms with Crippen LogP contribution in [0.25, 0.3) is 5.57 Å². The maximum Gasteiger partial charge on any atom is 0.217 e. The fourth-order valence-corrected chi connectivity index (χ4v) is 3.92. The van der Waals surface area contributed by atoms with E-state index in [1.807, 2.05) is 6.20 Å². The van der Waals surface area contributed by atoms with E-state index in [2.05, 4.69) is 27.0 Å². The average Bonchev–Trinajstić information content (AvgIpc) is 3.04. The molecule has 0 aromatic carbocycles. The van der Waals surface area contributed by atoms with Crippen molar-refractivity contribution in [3.8, 4) is 0 Å². The molecule has 1 aromatic heterocycles. The van der Waals surface area contributed by atoms with Crippen LogP contribution in [0.3, 0.4) is 0 Å². The highest BCUT2D eigenvalue weighted by atomic mass is 16.1. The summed E-state index contributed by atoms with van der Waals surface area (Å²) in [6, 6.07) is 0. The highest BCUT2D eigenvalue weighted by molar-refractivity contribution is 5.73. The molecule has 132 valence electrons. The lowest BCUT2D eigenvalue weighted by Gasteiger charge is -2.25. The summed E-state index contributed by atoms with van der Waals surface area (Å²) in [4.78, 5) is 13.2. The van der Waals surface area contributed by atoms with Gasteiger partial charge in [-0.2, -0.15) is 5.10 Å². The van der Waals surface area contributed by atoms with Crippen molar-refractivity contribution in [1.29, 1.82) is 0 Å². The van der Waals surface area contributed by atoms with Crippen molar-refractivity contribution < 1.29 is 4.79 Å². The average molecular weight is 330 g/mol. The van der Waals surface area contributed by atoms with Gasteiger partial charge in [-0.15, -0.1) is 0 Å². The minimum absolute atomic E-state index is 0.200. The summed E-state index contributed by atoms with van der Waals surface area (Å²) in [5.74, 6) is 0.612. The van der Waals surface area contributed by atoms with Crippen molar-refractivity contribution in [2.24, 2.45) is 11.7 Å². The Bertz CT molecular complexity index is 572. The summed E-state index contributed by atoms with van der Waals surface area (Å²) in [7, 11) is 0. The highest BCUT2D eigenvalue weighted by Gasteiger charge is 2.17. The van der Waals surface area contributed by atoms with Gasteiger partial charge in [-0.25, -0.2) is 0 Å². The van der Waals surface area contributed by atoms with E-state index in [1.54, 1.807) is 0 Å². The molecule has 0 bridgehead atoms. The van der Waals surface area contributed by atoms with Crippen LogP contribution in [0.5, 0.6) is 0 Å². The number of primary amides is 1. The second-order valence-electron chi connectivity index (χ2n) is 7.30. The standard InChI is InChI=1S/C19H30N4O/c20-19(24)7-4-10-22-11-8-17(9-12-22)18-13-21-23(15-18)14-16-5-2-1-3-6-16/h8,13,15-16H,1-7,9-12,14H2,(H2,20,24). The van der Waals surface area contributed by atoms with Crippen molar-refractivity contribution in [2.75, 3.05) is 19.6 Å². The van der Waals surface area contributed by atoms with Crippen LogP contribution < -0.4 is 5.73 Å². The first kappa shape index (κ1) is 17.2. The second kappa shape index (κ2) is 8.47. The van der Waals surface area contributed by atoms with E-state index in [-0.39, 0.29) is 5.91 Å². The zero-order chi connectivity index (χ0) is 16.8. The van der Waals surface area contributed by atoms with Crippen LogP contribution in [0.15, 0.2) is 18.5 Å². The molecule has 1 aliphatic heterocycles. The number of carbonyl (C=O) groups excluding carboxylic acids is 1. The number of amides is 1. The molecule has 1 amide bonds. The first-order valence-corrected chi connectivity index (χ1v) is 9.43. The Morgan fingerprint density at radius 1 is 1.29 bits per heavy atom. The number of hydrogen-bond donors (Lipinski definition) is 1. The SMILES string of the molecule is NC(=O)CCCN1CC=C(c2cnn(CC3CCCCC3)c2)CC1. The molecule has 0 atom stereocenters. The molecule has 3 rings (SSSR count). The van der Waals surface area contributed by atoms with Crippen molar-refractivity contribution in [3.05, 3.63) is 24.0 Å².